The summed E-state index contributed by atoms with van der Waals surface area (Å²) in [5, 5.41) is 6.98. The highest BCUT2D eigenvalue weighted by molar-refractivity contribution is 7.89. The number of nitrogens with zero attached hydrogens (tertiary/aromatic N) is 2. The Bertz CT molecular complexity index is 1040. The van der Waals surface area contributed by atoms with Crippen molar-refractivity contribution in [3.05, 3.63) is 47.1 Å². The maximum atomic E-state index is 13.4. The van der Waals surface area contributed by atoms with E-state index in [-0.39, 0.29) is 28.9 Å². The molecule has 31 heavy (non-hydrogen) atoms. The Labute approximate surface area is 182 Å². The Morgan fingerprint density at radius 2 is 1.87 bits per heavy atom. The number of aryl methyl sites for hydroxylation is 2. The molecule has 4 rings (SSSR count). The summed E-state index contributed by atoms with van der Waals surface area (Å²) < 4.78 is 46.2. The van der Waals surface area contributed by atoms with Gasteiger partial charge in [-0.25, -0.2) is 12.8 Å². The van der Waals surface area contributed by atoms with E-state index in [1.54, 1.807) is 26.0 Å². The fraction of sp³-hybridized carbons (Fsp3) is 0.545. The number of hydrogen-bond acceptors (Lipinski definition) is 5. The summed E-state index contributed by atoms with van der Waals surface area (Å²) in [6.45, 7) is 3.66. The predicted molar refractivity (Wildman–Crippen MR) is 112 cm³/mol. The first kappa shape index (κ1) is 22.0. The maximum absolute atomic E-state index is 13.4. The third-order valence-electron chi connectivity index (χ3n) is 6.54. The van der Waals surface area contributed by atoms with Gasteiger partial charge in [-0.05, 0) is 57.2 Å². The van der Waals surface area contributed by atoms with E-state index in [2.05, 4.69) is 10.5 Å². The summed E-state index contributed by atoms with van der Waals surface area (Å²) in [5.41, 5.74) is 0.703. The van der Waals surface area contributed by atoms with Gasteiger partial charge in [-0.3, -0.25) is 4.79 Å². The minimum Gasteiger partial charge on any atom is -0.360 e. The first-order chi connectivity index (χ1) is 14.7. The van der Waals surface area contributed by atoms with Crippen molar-refractivity contribution in [1.29, 1.82) is 0 Å². The van der Waals surface area contributed by atoms with Gasteiger partial charge in [-0.15, -0.1) is 0 Å². The molecular weight excluding hydrogens is 421 g/mol. The average molecular weight is 450 g/mol. The number of nitrogens with one attached hydrogen (secondary N) is 1. The third-order valence-corrected chi connectivity index (χ3v) is 8.65. The van der Waals surface area contributed by atoms with E-state index in [9.17, 15) is 17.6 Å². The summed E-state index contributed by atoms with van der Waals surface area (Å²) in [7, 11) is -3.79. The molecule has 2 aromatic rings. The number of halogens is 1. The van der Waals surface area contributed by atoms with Crippen LogP contribution in [0.1, 0.15) is 55.5 Å². The molecule has 9 heteroatoms. The fourth-order valence-electron chi connectivity index (χ4n) is 4.92. The molecule has 168 valence electrons. The molecule has 0 radical (unpaired) electrons. The van der Waals surface area contributed by atoms with Crippen LogP contribution in [0.2, 0.25) is 0 Å². The second-order valence-electron chi connectivity index (χ2n) is 8.64. The minimum absolute atomic E-state index is 0.0899. The zero-order chi connectivity index (χ0) is 22.2. The third kappa shape index (κ3) is 4.13. The lowest BCUT2D eigenvalue weighted by molar-refractivity contribution is -0.128. The summed E-state index contributed by atoms with van der Waals surface area (Å²) >= 11 is 0. The number of rotatable bonds is 5. The molecule has 0 bridgehead atoms. The zero-order valence-corrected chi connectivity index (χ0v) is 18.7. The van der Waals surface area contributed by atoms with Crippen LogP contribution >= 0.6 is 0 Å². The summed E-state index contributed by atoms with van der Waals surface area (Å²) in [6, 6.07) is 6.30. The topological polar surface area (TPSA) is 92.5 Å². The van der Waals surface area contributed by atoms with Gasteiger partial charge in [0.05, 0.1) is 11.5 Å². The Morgan fingerprint density at radius 1 is 1.19 bits per heavy atom. The lowest BCUT2D eigenvalue weighted by Gasteiger charge is -2.36. The van der Waals surface area contributed by atoms with Crippen molar-refractivity contribution in [2.24, 2.45) is 5.92 Å². The van der Waals surface area contributed by atoms with Crippen molar-refractivity contribution in [1.82, 2.24) is 14.8 Å². The van der Waals surface area contributed by atoms with E-state index in [0.717, 1.165) is 31.2 Å². The molecule has 7 nitrogen and oxygen atoms in total. The molecule has 1 N–H and O–H groups in total. The van der Waals surface area contributed by atoms with Crippen molar-refractivity contribution < 1.29 is 22.1 Å². The van der Waals surface area contributed by atoms with Crippen LogP contribution < -0.4 is 5.32 Å². The minimum atomic E-state index is -3.79. The molecule has 2 fully saturated rings. The summed E-state index contributed by atoms with van der Waals surface area (Å²) in [6.07, 6.45) is 4.77. The molecule has 1 atom stereocenters. The number of amides is 1. The molecule has 2 heterocycles. The van der Waals surface area contributed by atoms with E-state index < -0.39 is 21.5 Å². The first-order valence-electron chi connectivity index (χ1n) is 10.7. The SMILES string of the molecule is Cc1noc(C)c1S(=O)(=O)N1CCC[C@H](C(=O)NC2(c3ccc(F)cc3)CCCC2)C1. The Morgan fingerprint density at radius 3 is 2.48 bits per heavy atom. The Kier molecular flexibility index (Phi) is 5.91. The average Bonchev–Trinajstić information content (AvgIpc) is 3.35. The van der Waals surface area contributed by atoms with Crippen molar-refractivity contribution in [2.75, 3.05) is 13.1 Å². The number of benzene rings is 1. The molecule has 1 amide bonds. The van der Waals surface area contributed by atoms with Crippen LogP contribution in [-0.2, 0) is 20.4 Å². The Balaban J connectivity index is 1.53. The van der Waals surface area contributed by atoms with Crippen LogP contribution in [0, 0.1) is 25.6 Å². The molecule has 1 aliphatic heterocycles. The molecule has 1 aliphatic carbocycles. The normalized spacial score (nSPS) is 21.8. The summed E-state index contributed by atoms with van der Waals surface area (Å²) in [4.78, 5) is 13.3. The lowest BCUT2D eigenvalue weighted by Crippen LogP contribution is -2.51. The number of piperidine rings is 1. The van der Waals surface area contributed by atoms with Crippen LogP contribution in [0.15, 0.2) is 33.7 Å². The van der Waals surface area contributed by atoms with Gasteiger partial charge in [0, 0.05) is 13.1 Å². The van der Waals surface area contributed by atoms with Gasteiger partial charge in [0.15, 0.2) is 5.76 Å². The van der Waals surface area contributed by atoms with E-state index in [1.807, 2.05) is 0 Å². The van der Waals surface area contributed by atoms with Crippen molar-refractivity contribution in [2.45, 2.75) is 62.8 Å². The second-order valence-corrected chi connectivity index (χ2v) is 10.5. The van der Waals surface area contributed by atoms with E-state index in [0.29, 0.717) is 25.1 Å². The predicted octanol–water partition coefficient (Wildman–Crippen LogP) is 3.42. The van der Waals surface area contributed by atoms with Gasteiger partial charge in [-0.2, -0.15) is 4.31 Å². The molecule has 1 aromatic heterocycles. The molecule has 0 unspecified atom stereocenters. The lowest BCUT2D eigenvalue weighted by atomic mass is 9.86. The van der Waals surface area contributed by atoms with Crippen molar-refractivity contribution in [3.63, 3.8) is 0 Å². The van der Waals surface area contributed by atoms with Crippen molar-refractivity contribution >= 4 is 15.9 Å². The molecule has 1 saturated heterocycles. The quantitative estimate of drug-likeness (QED) is 0.755. The van der Waals surface area contributed by atoms with E-state index in [1.165, 1.54) is 16.4 Å². The van der Waals surface area contributed by atoms with Crippen LogP contribution in [0.3, 0.4) is 0 Å². The van der Waals surface area contributed by atoms with Crippen molar-refractivity contribution in [3.8, 4) is 0 Å². The smallest absolute Gasteiger partial charge is 0.248 e. The highest BCUT2D eigenvalue weighted by Crippen LogP contribution is 2.39. The molecule has 1 aromatic carbocycles. The number of carbonyl (C=O) groups excluding carboxylic acids is 1. The number of hydrogen-bond donors (Lipinski definition) is 1. The van der Waals surface area contributed by atoms with Crippen LogP contribution in [0.25, 0.3) is 0 Å². The summed E-state index contributed by atoms with van der Waals surface area (Å²) in [5.74, 6) is -0.646. The van der Waals surface area contributed by atoms with Gasteiger partial charge in [-0.1, -0.05) is 30.1 Å². The first-order valence-corrected chi connectivity index (χ1v) is 12.2. The zero-order valence-electron chi connectivity index (χ0n) is 17.9. The molecule has 2 aliphatic rings. The van der Waals surface area contributed by atoms with Crippen LogP contribution in [0.4, 0.5) is 4.39 Å². The number of aromatic nitrogens is 1. The molecule has 0 spiro atoms. The number of carbonyl (C=O) groups is 1. The highest BCUT2D eigenvalue weighted by Gasteiger charge is 2.41. The molecule has 1 saturated carbocycles. The van der Waals surface area contributed by atoms with Crippen LogP contribution in [-0.4, -0.2) is 36.9 Å². The van der Waals surface area contributed by atoms with Gasteiger partial charge in [0.1, 0.15) is 16.4 Å². The Hall–Kier alpha value is -2.26. The number of sulfonamides is 1. The second kappa shape index (κ2) is 8.35. The van der Waals surface area contributed by atoms with Gasteiger partial charge in [0.25, 0.3) is 0 Å². The van der Waals surface area contributed by atoms with E-state index in [4.69, 9.17) is 4.52 Å². The fourth-order valence-corrected chi connectivity index (χ4v) is 6.73. The van der Waals surface area contributed by atoms with Gasteiger partial charge in [0.2, 0.25) is 15.9 Å². The van der Waals surface area contributed by atoms with Crippen LogP contribution in [0.5, 0.6) is 0 Å². The highest BCUT2D eigenvalue weighted by atomic mass is 32.2. The molecular formula is C22H28FN3O4S. The van der Waals surface area contributed by atoms with Gasteiger partial charge < -0.3 is 9.84 Å². The standard InChI is InChI=1S/C22H28FN3O4S/c1-15-20(16(2)30-25-15)31(28,29)26-13-5-6-17(14-26)21(27)24-22(11-3-4-12-22)18-7-9-19(23)10-8-18/h7-10,17H,3-6,11-14H2,1-2H3,(H,24,27)/t17-/m0/s1. The monoisotopic (exact) mass is 449 g/mol. The van der Waals surface area contributed by atoms with Gasteiger partial charge >= 0.3 is 0 Å². The maximum Gasteiger partial charge on any atom is 0.248 e. The van der Waals surface area contributed by atoms with E-state index >= 15 is 0 Å². The largest absolute Gasteiger partial charge is 0.360 e.